The van der Waals surface area contributed by atoms with Crippen LogP contribution in [0, 0.1) is 0 Å². The van der Waals surface area contributed by atoms with Crippen LogP contribution in [0.15, 0.2) is 48.5 Å². The van der Waals surface area contributed by atoms with Gasteiger partial charge in [0, 0.05) is 25.2 Å². The predicted octanol–water partition coefficient (Wildman–Crippen LogP) is 3.17. The molecule has 1 fully saturated rings. The van der Waals surface area contributed by atoms with Crippen molar-refractivity contribution >= 4 is 23.5 Å². The lowest BCUT2D eigenvalue weighted by molar-refractivity contribution is -0.128. The molecule has 0 unspecified atom stereocenters. The highest BCUT2D eigenvalue weighted by molar-refractivity contribution is 5.95. The van der Waals surface area contributed by atoms with Gasteiger partial charge in [0.15, 0.2) is 6.61 Å². The molecule has 6 heteroatoms. The van der Waals surface area contributed by atoms with Gasteiger partial charge in [-0.3, -0.25) is 9.59 Å². The van der Waals surface area contributed by atoms with Crippen LogP contribution in [0.1, 0.15) is 41.3 Å². The zero-order valence-corrected chi connectivity index (χ0v) is 15.9. The summed E-state index contributed by atoms with van der Waals surface area (Å²) in [5.74, 6) is -0.777. The fourth-order valence-electron chi connectivity index (χ4n) is 3.07. The van der Waals surface area contributed by atoms with E-state index in [1.807, 2.05) is 29.2 Å². The zero-order valence-electron chi connectivity index (χ0n) is 15.9. The lowest BCUT2D eigenvalue weighted by atomic mass is 10.1. The van der Waals surface area contributed by atoms with Crippen LogP contribution in [0.25, 0.3) is 0 Å². The molecule has 1 aliphatic rings. The molecule has 6 nitrogen and oxygen atoms in total. The number of rotatable bonds is 7. The predicted molar refractivity (Wildman–Crippen MR) is 106 cm³/mol. The molecular weight excluding hydrogens is 356 g/mol. The fourth-order valence-corrected chi connectivity index (χ4v) is 3.07. The molecule has 2 amide bonds. The Labute approximate surface area is 164 Å². The van der Waals surface area contributed by atoms with E-state index in [9.17, 15) is 14.4 Å². The van der Waals surface area contributed by atoms with E-state index in [4.69, 9.17) is 4.74 Å². The van der Waals surface area contributed by atoms with Crippen molar-refractivity contribution in [1.29, 1.82) is 0 Å². The van der Waals surface area contributed by atoms with Gasteiger partial charge in [0.2, 0.25) is 5.91 Å². The minimum atomic E-state index is -0.555. The third-order valence-corrected chi connectivity index (χ3v) is 4.71. The number of anilines is 1. The average molecular weight is 380 g/mol. The van der Waals surface area contributed by atoms with Gasteiger partial charge < -0.3 is 15.0 Å². The quantitative estimate of drug-likeness (QED) is 0.749. The first-order valence-electron chi connectivity index (χ1n) is 9.48. The number of ether oxygens (including phenoxy) is 1. The fraction of sp³-hybridized carbons (Fsp3) is 0.318. The van der Waals surface area contributed by atoms with E-state index in [-0.39, 0.29) is 18.4 Å². The second-order valence-electron chi connectivity index (χ2n) is 6.79. The van der Waals surface area contributed by atoms with Crippen molar-refractivity contribution in [3.63, 3.8) is 0 Å². The molecule has 0 bridgehead atoms. The van der Waals surface area contributed by atoms with Crippen molar-refractivity contribution in [3.05, 3.63) is 65.2 Å². The number of hydrogen-bond donors (Lipinski definition) is 1. The largest absolute Gasteiger partial charge is 0.452 e. The van der Waals surface area contributed by atoms with Crippen LogP contribution in [0.5, 0.6) is 0 Å². The summed E-state index contributed by atoms with van der Waals surface area (Å²) < 4.78 is 5.08. The van der Waals surface area contributed by atoms with E-state index >= 15 is 0 Å². The summed E-state index contributed by atoms with van der Waals surface area (Å²) in [6, 6.07) is 14.4. The molecule has 0 aliphatic carbocycles. The topological polar surface area (TPSA) is 75.7 Å². The Morgan fingerprint density at radius 3 is 2.32 bits per heavy atom. The summed E-state index contributed by atoms with van der Waals surface area (Å²) in [5.41, 5.74) is 3.18. The normalized spacial score (nSPS) is 13.5. The molecule has 0 atom stereocenters. The molecule has 0 radical (unpaired) electrons. The van der Waals surface area contributed by atoms with Crippen molar-refractivity contribution in [1.82, 2.24) is 4.90 Å². The van der Waals surface area contributed by atoms with E-state index in [1.54, 1.807) is 24.3 Å². The van der Waals surface area contributed by atoms with Crippen molar-refractivity contribution in [2.24, 2.45) is 0 Å². The molecule has 0 spiro atoms. The first-order chi connectivity index (χ1) is 13.5. The van der Waals surface area contributed by atoms with Crippen molar-refractivity contribution in [3.8, 4) is 0 Å². The summed E-state index contributed by atoms with van der Waals surface area (Å²) in [6.07, 6.45) is 2.43. The summed E-state index contributed by atoms with van der Waals surface area (Å²) in [7, 11) is 0. The first kappa shape index (κ1) is 19.6. The minimum absolute atomic E-state index is 0.166. The molecule has 2 aromatic carbocycles. The number of carbonyl (C=O) groups is 3. The Morgan fingerprint density at radius 2 is 1.71 bits per heavy atom. The highest BCUT2D eigenvalue weighted by Gasteiger charge is 2.20. The molecule has 1 aliphatic heterocycles. The van der Waals surface area contributed by atoms with Crippen molar-refractivity contribution in [2.45, 2.75) is 32.7 Å². The smallest absolute Gasteiger partial charge is 0.338 e. The van der Waals surface area contributed by atoms with Gasteiger partial charge in [-0.1, -0.05) is 31.2 Å². The maximum Gasteiger partial charge on any atom is 0.338 e. The zero-order chi connectivity index (χ0) is 19.9. The molecule has 146 valence electrons. The lowest BCUT2D eigenvalue weighted by Crippen LogP contribution is -2.23. The first-order valence-corrected chi connectivity index (χ1v) is 9.48. The Kier molecular flexibility index (Phi) is 6.42. The Hall–Kier alpha value is -3.15. The third-order valence-electron chi connectivity index (χ3n) is 4.71. The van der Waals surface area contributed by atoms with E-state index < -0.39 is 5.97 Å². The Morgan fingerprint density at radius 1 is 1.04 bits per heavy atom. The number of amides is 2. The summed E-state index contributed by atoms with van der Waals surface area (Å²) in [5, 5.41) is 2.70. The minimum Gasteiger partial charge on any atom is -0.452 e. The summed E-state index contributed by atoms with van der Waals surface area (Å²) >= 11 is 0. The maximum atomic E-state index is 12.1. The van der Waals surface area contributed by atoms with Gasteiger partial charge >= 0.3 is 5.97 Å². The van der Waals surface area contributed by atoms with Crippen LogP contribution in [0.3, 0.4) is 0 Å². The van der Waals surface area contributed by atoms with Crippen LogP contribution >= 0.6 is 0 Å². The van der Waals surface area contributed by atoms with E-state index in [0.29, 0.717) is 24.2 Å². The van der Waals surface area contributed by atoms with E-state index in [2.05, 4.69) is 12.2 Å². The van der Waals surface area contributed by atoms with Crippen LogP contribution in [-0.2, 0) is 27.3 Å². The van der Waals surface area contributed by atoms with Gasteiger partial charge in [0.05, 0.1) is 5.56 Å². The number of carbonyl (C=O) groups excluding carboxylic acids is 3. The van der Waals surface area contributed by atoms with Crippen LogP contribution in [0.4, 0.5) is 5.69 Å². The number of likely N-dealkylation sites (tertiary alicyclic amines) is 1. The maximum absolute atomic E-state index is 12.1. The lowest BCUT2D eigenvalue weighted by Gasteiger charge is -2.15. The van der Waals surface area contributed by atoms with Gasteiger partial charge in [-0.25, -0.2) is 4.79 Å². The molecule has 1 heterocycles. The summed E-state index contributed by atoms with van der Waals surface area (Å²) in [4.78, 5) is 37.6. The molecule has 28 heavy (non-hydrogen) atoms. The Bertz CT molecular complexity index is 844. The van der Waals surface area contributed by atoms with E-state index in [0.717, 1.165) is 24.9 Å². The molecular formula is C22H24N2O4. The number of nitrogens with one attached hydrogen (secondary N) is 1. The SMILES string of the molecule is CCc1ccc(NC(=O)COC(=O)c2ccc(CN3CCCC3=O)cc2)cc1. The number of esters is 1. The number of benzene rings is 2. The van der Waals surface area contributed by atoms with Crippen molar-refractivity contribution < 1.29 is 19.1 Å². The molecule has 0 aromatic heterocycles. The average Bonchev–Trinajstić information content (AvgIpc) is 3.12. The number of nitrogens with zero attached hydrogens (tertiary/aromatic N) is 1. The van der Waals surface area contributed by atoms with Gasteiger partial charge in [0.25, 0.3) is 5.91 Å². The van der Waals surface area contributed by atoms with Crippen LogP contribution in [-0.4, -0.2) is 35.8 Å². The van der Waals surface area contributed by atoms with Gasteiger partial charge in [-0.15, -0.1) is 0 Å². The summed E-state index contributed by atoms with van der Waals surface area (Å²) in [6.45, 7) is 3.04. The van der Waals surface area contributed by atoms with Gasteiger partial charge in [0.1, 0.15) is 0 Å². The third kappa shape index (κ3) is 5.19. The van der Waals surface area contributed by atoms with Gasteiger partial charge in [-0.2, -0.15) is 0 Å². The molecule has 0 saturated carbocycles. The van der Waals surface area contributed by atoms with Gasteiger partial charge in [-0.05, 0) is 48.2 Å². The second kappa shape index (κ2) is 9.17. The monoisotopic (exact) mass is 380 g/mol. The molecule has 1 N–H and O–H groups in total. The molecule has 3 rings (SSSR count). The van der Waals surface area contributed by atoms with Crippen LogP contribution < -0.4 is 5.32 Å². The second-order valence-corrected chi connectivity index (χ2v) is 6.79. The standard InChI is InChI=1S/C22H24N2O4/c1-2-16-7-11-19(12-8-16)23-20(25)15-28-22(27)18-9-5-17(6-10-18)14-24-13-3-4-21(24)26/h5-12H,2-4,13-15H2,1H3,(H,23,25). The number of aryl methyl sites for hydroxylation is 1. The highest BCUT2D eigenvalue weighted by atomic mass is 16.5. The highest BCUT2D eigenvalue weighted by Crippen LogP contribution is 2.15. The van der Waals surface area contributed by atoms with Crippen molar-refractivity contribution in [2.75, 3.05) is 18.5 Å². The van der Waals surface area contributed by atoms with Crippen LogP contribution in [0.2, 0.25) is 0 Å². The molecule has 2 aromatic rings. The Balaban J connectivity index is 1.47. The van der Waals surface area contributed by atoms with E-state index in [1.165, 1.54) is 5.56 Å². The molecule has 1 saturated heterocycles. The number of hydrogen-bond acceptors (Lipinski definition) is 4.